The van der Waals surface area contributed by atoms with Crippen molar-refractivity contribution in [2.24, 2.45) is 0 Å². The number of carbonyl (C=O) groups excluding carboxylic acids is 1. The molecule has 2 aliphatic rings. The van der Waals surface area contributed by atoms with Gasteiger partial charge in [-0.1, -0.05) is 18.2 Å². The minimum atomic E-state index is -5.24. The van der Waals surface area contributed by atoms with E-state index in [1.165, 1.54) is 19.1 Å². The van der Waals surface area contributed by atoms with Gasteiger partial charge in [-0.05, 0) is 38.8 Å². The second-order valence-electron chi connectivity index (χ2n) is 10.2. The molecule has 1 saturated carbocycles. The summed E-state index contributed by atoms with van der Waals surface area (Å²) >= 11 is 6.19. The van der Waals surface area contributed by atoms with Crippen molar-refractivity contribution < 1.29 is 46.2 Å². The van der Waals surface area contributed by atoms with Crippen LogP contribution in [-0.2, 0) is 23.4 Å². The first-order valence-corrected chi connectivity index (χ1v) is 15.5. The Bertz CT molecular complexity index is 1550. The Morgan fingerprint density at radius 3 is 2.66 bits per heavy atom. The Morgan fingerprint density at radius 1 is 1.32 bits per heavy atom. The highest BCUT2D eigenvalue weighted by Gasteiger charge is 2.71. The SMILES string of the molecule is CCOC(=O)[C@H](C)N[P@@](=O)(OC[C@H]1O[C@@H](n2cnc3c(NC4CC4)nc(N)nc32)[C@@](Cl)(C(F)(F)F)[C@@H]1O)Oc1ccccc1. The molecule has 44 heavy (non-hydrogen) atoms. The molecular weight excluding hydrogens is 634 g/mol. The molecule has 1 aliphatic carbocycles. The molecule has 1 saturated heterocycles. The number of halogens is 4. The molecule has 1 aromatic carbocycles. The number of alkyl halides is 4. The standard InChI is InChI=1S/C25H30ClF3N7O7P/c1-3-40-21(38)13(2)35-44(39,43-15-7-5-4-6-8-15)41-11-16-18(37)24(26,25(27,28)29)22(42-16)36-12-31-17-19(32-14-9-10-14)33-23(30)34-20(17)36/h4-8,12-14,16,18,22,37H,3,9-11H2,1-2H3,(H,35,39)(H3,30,32,33,34)/t13-,16+,18+,22+,24+,44+/m0/s1. The number of nitrogens with two attached hydrogens (primary N) is 1. The van der Waals surface area contributed by atoms with Gasteiger partial charge in [0.1, 0.15) is 24.0 Å². The zero-order chi connectivity index (χ0) is 31.9. The first-order valence-electron chi connectivity index (χ1n) is 13.5. The van der Waals surface area contributed by atoms with E-state index in [-0.39, 0.29) is 41.3 Å². The number of nitrogens with one attached hydrogen (secondary N) is 2. The fourth-order valence-corrected chi connectivity index (χ4v) is 6.33. The molecule has 2 aromatic heterocycles. The van der Waals surface area contributed by atoms with Gasteiger partial charge in [-0.15, -0.1) is 11.6 Å². The molecule has 14 nitrogen and oxygen atoms in total. The molecular formula is C25H30ClF3N7O7P. The number of imidazole rings is 1. The van der Waals surface area contributed by atoms with Gasteiger partial charge in [0, 0.05) is 6.04 Å². The van der Waals surface area contributed by atoms with Crippen molar-refractivity contribution in [3.05, 3.63) is 36.7 Å². The molecule has 0 amide bonds. The summed E-state index contributed by atoms with van der Waals surface area (Å²) < 4.78 is 80.0. The Labute approximate surface area is 254 Å². The second-order valence-corrected chi connectivity index (χ2v) is 12.5. The molecule has 5 rings (SSSR count). The first-order chi connectivity index (χ1) is 20.8. The minimum absolute atomic E-state index is 0.0337. The number of anilines is 2. The maximum absolute atomic E-state index is 14.6. The number of carbonyl (C=O) groups is 1. The van der Waals surface area contributed by atoms with Gasteiger partial charge >= 0.3 is 19.9 Å². The Balaban J connectivity index is 1.44. The number of aliphatic hydroxyl groups excluding tert-OH is 1. The molecule has 0 unspecified atom stereocenters. The molecule has 0 radical (unpaired) electrons. The van der Waals surface area contributed by atoms with Gasteiger partial charge in [-0.2, -0.15) is 28.2 Å². The van der Waals surface area contributed by atoms with Gasteiger partial charge in [0.25, 0.3) is 0 Å². The van der Waals surface area contributed by atoms with Crippen LogP contribution in [0.4, 0.5) is 24.9 Å². The number of nitrogen functional groups attached to an aromatic ring is 1. The van der Waals surface area contributed by atoms with Crippen LogP contribution in [0.2, 0.25) is 0 Å². The van der Waals surface area contributed by atoms with Crippen LogP contribution in [0.5, 0.6) is 5.75 Å². The highest BCUT2D eigenvalue weighted by Crippen LogP contribution is 2.55. The Hall–Kier alpha value is -3.21. The van der Waals surface area contributed by atoms with Crippen LogP contribution in [0.1, 0.15) is 32.9 Å². The van der Waals surface area contributed by atoms with E-state index in [9.17, 15) is 27.6 Å². The molecule has 0 spiro atoms. The summed E-state index contributed by atoms with van der Waals surface area (Å²) in [7, 11) is -4.51. The highest BCUT2D eigenvalue weighted by molar-refractivity contribution is 7.52. The van der Waals surface area contributed by atoms with Gasteiger partial charge in [0.15, 0.2) is 23.2 Å². The summed E-state index contributed by atoms with van der Waals surface area (Å²) in [6, 6.07) is 6.60. The summed E-state index contributed by atoms with van der Waals surface area (Å²) in [4.78, 5) is 21.1. The van der Waals surface area contributed by atoms with Crippen LogP contribution in [0, 0.1) is 0 Å². The third kappa shape index (κ3) is 6.43. The van der Waals surface area contributed by atoms with E-state index in [2.05, 4.69) is 25.4 Å². The lowest BCUT2D eigenvalue weighted by Gasteiger charge is -2.32. The zero-order valence-electron chi connectivity index (χ0n) is 23.4. The first kappa shape index (κ1) is 32.2. The number of hydrogen-bond acceptors (Lipinski definition) is 12. The van der Waals surface area contributed by atoms with Crippen LogP contribution in [0.3, 0.4) is 0 Å². The van der Waals surface area contributed by atoms with E-state index in [0.29, 0.717) is 0 Å². The van der Waals surface area contributed by atoms with E-state index in [4.69, 9.17) is 35.9 Å². The van der Waals surface area contributed by atoms with E-state index in [1.54, 1.807) is 25.1 Å². The van der Waals surface area contributed by atoms with Gasteiger partial charge in [-0.3, -0.25) is 13.9 Å². The number of ether oxygens (including phenoxy) is 2. The number of fused-ring (bicyclic) bond motifs is 1. The number of para-hydroxylation sites is 1. The molecule has 5 N–H and O–H groups in total. The fourth-order valence-electron chi connectivity index (χ4n) is 4.53. The molecule has 3 aromatic rings. The second kappa shape index (κ2) is 12.3. The van der Waals surface area contributed by atoms with Crippen molar-refractivity contribution in [1.29, 1.82) is 0 Å². The van der Waals surface area contributed by atoms with E-state index < -0.39 is 55.9 Å². The minimum Gasteiger partial charge on any atom is -0.465 e. The van der Waals surface area contributed by atoms with Crippen molar-refractivity contribution in [3.8, 4) is 5.75 Å². The van der Waals surface area contributed by atoms with E-state index >= 15 is 0 Å². The number of aliphatic hydroxyl groups is 1. The molecule has 19 heteroatoms. The lowest BCUT2D eigenvalue weighted by atomic mass is 9.98. The smallest absolute Gasteiger partial charge is 0.459 e. The number of hydrogen-bond donors (Lipinski definition) is 4. The number of rotatable bonds is 12. The quantitative estimate of drug-likeness (QED) is 0.125. The Kier molecular flexibility index (Phi) is 8.99. The summed E-state index contributed by atoms with van der Waals surface area (Å²) in [6.45, 7) is 2.03. The number of nitrogens with zero attached hydrogens (tertiary/aromatic N) is 4. The predicted molar refractivity (Wildman–Crippen MR) is 151 cm³/mol. The summed E-state index contributed by atoms with van der Waals surface area (Å²) in [6.07, 6.45) is -8.84. The van der Waals surface area contributed by atoms with Crippen molar-refractivity contribution in [2.75, 3.05) is 24.3 Å². The molecule has 6 atom stereocenters. The van der Waals surface area contributed by atoms with Crippen molar-refractivity contribution in [3.63, 3.8) is 0 Å². The lowest BCUT2D eigenvalue weighted by molar-refractivity contribution is -0.195. The molecule has 240 valence electrons. The Morgan fingerprint density at radius 2 is 2.02 bits per heavy atom. The highest BCUT2D eigenvalue weighted by atomic mass is 35.5. The van der Waals surface area contributed by atoms with Crippen LogP contribution >= 0.6 is 19.3 Å². The summed E-state index contributed by atoms with van der Waals surface area (Å²) in [5.41, 5.74) is 5.83. The van der Waals surface area contributed by atoms with E-state index in [0.717, 1.165) is 23.7 Å². The van der Waals surface area contributed by atoms with Gasteiger partial charge in [0.2, 0.25) is 10.8 Å². The predicted octanol–water partition coefficient (Wildman–Crippen LogP) is 3.53. The average molecular weight is 664 g/mol. The maximum atomic E-state index is 14.6. The van der Waals surface area contributed by atoms with Crippen LogP contribution in [-0.4, -0.2) is 79.2 Å². The summed E-state index contributed by atoms with van der Waals surface area (Å²) in [5.74, 6) is -0.746. The van der Waals surface area contributed by atoms with Gasteiger partial charge in [0.05, 0.1) is 19.5 Å². The number of aromatic nitrogens is 4. The lowest BCUT2D eigenvalue weighted by Crippen LogP contribution is -2.53. The van der Waals surface area contributed by atoms with Crippen molar-refractivity contribution >= 4 is 48.2 Å². The zero-order valence-corrected chi connectivity index (χ0v) is 25.1. The number of benzene rings is 1. The van der Waals surface area contributed by atoms with Crippen molar-refractivity contribution in [1.82, 2.24) is 24.6 Å². The molecule has 2 fully saturated rings. The number of esters is 1. The monoisotopic (exact) mass is 663 g/mol. The van der Waals surface area contributed by atoms with Crippen molar-refractivity contribution in [2.45, 2.75) is 68.3 Å². The third-order valence-electron chi connectivity index (χ3n) is 6.86. The fraction of sp³-hybridized carbons (Fsp3) is 0.520. The van der Waals surface area contributed by atoms with Crippen LogP contribution in [0.15, 0.2) is 36.7 Å². The maximum Gasteiger partial charge on any atom is 0.459 e. The molecule has 1 aliphatic heterocycles. The molecule has 0 bridgehead atoms. The van der Waals surface area contributed by atoms with E-state index in [1.807, 2.05) is 0 Å². The third-order valence-corrected chi connectivity index (χ3v) is 9.13. The van der Waals surface area contributed by atoms with Crippen LogP contribution < -0.4 is 20.7 Å². The topological polar surface area (TPSA) is 185 Å². The summed E-state index contributed by atoms with van der Waals surface area (Å²) in [5, 5.41) is 16.5. The van der Waals surface area contributed by atoms with Gasteiger partial charge < -0.3 is 30.2 Å². The van der Waals surface area contributed by atoms with Crippen LogP contribution in [0.25, 0.3) is 11.2 Å². The average Bonchev–Trinajstić information content (AvgIpc) is 3.61. The largest absolute Gasteiger partial charge is 0.465 e. The molecule has 3 heterocycles. The van der Waals surface area contributed by atoms with Gasteiger partial charge in [-0.25, -0.2) is 9.55 Å². The normalized spacial score (nSPS) is 25.8.